The van der Waals surface area contributed by atoms with Gasteiger partial charge >= 0.3 is 113 Å². The number of carbonyl (C=O) groups excluding carboxylic acids is 12. The second-order valence-electron chi connectivity index (χ2n) is 25.0. The molecule has 12 aromatic rings. The SMILES string of the molecule is Cn1cc(NC(=O)c2nc(NC(=O)c3nccn3C)cn2C)cc1C(=O)NC[NH-].Cn1cc(NC(=O)c2nc(NC(=O)c3nccn3C)cn2C)cc1C(=O)NC[NH-].Cn1cc(NC(=O)c2nc(NC(=O)c3nccn3C)cn2C)cc1C(=O)NC[NH-].Cn1cc(NC(=O)c2nc(NC(=O)c3nccn3C)cn2C)cc1C(=O)NC[NH-].[Cl][Pt].[Cl][Pt].[Cl][Pt].[Cl][Pt].[NH2-].[NH2-].[NH2-].[NH2-].[NH2-].[NH2-].[NH2-].[NH2-]. The molecule has 0 unspecified atom stereocenters. The summed E-state index contributed by atoms with van der Waals surface area (Å²) in [6, 6.07) is 5.98. The minimum Gasteiger partial charge on any atom is -0.693 e. The van der Waals surface area contributed by atoms with E-state index in [0.717, 1.165) is 0 Å². The van der Waals surface area contributed by atoms with Gasteiger partial charge in [0.25, 0.3) is 70.9 Å². The van der Waals surface area contributed by atoms with Crippen LogP contribution >= 0.6 is 37.7 Å². The van der Waals surface area contributed by atoms with Crippen molar-refractivity contribution < 1.29 is 133 Å². The number of carbonyl (C=O) groups is 12. The third-order valence-electron chi connectivity index (χ3n) is 16.4. The van der Waals surface area contributed by atoms with E-state index in [1.54, 1.807) is 228 Å². The fourth-order valence-electron chi connectivity index (χ4n) is 10.8. The van der Waals surface area contributed by atoms with E-state index in [-0.39, 0.29) is 146 Å². The van der Waals surface area contributed by atoms with Gasteiger partial charge in [-0.25, -0.2) is 39.9 Å². The zero-order valence-corrected chi connectivity index (χ0v) is 83.7. The van der Waals surface area contributed by atoms with Gasteiger partial charge in [0.05, 0.1) is 22.7 Å². The summed E-state index contributed by atoms with van der Waals surface area (Å²) in [5.74, 6) is -3.56. The van der Waals surface area contributed by atoms with Crippen LogP contribution in [0.3, 0.4) is 0 Å². The zero-order chi connectivity index (χ0) is 92.5. The van der Waals surface area contributed by atoms with Crippen LogP contribution in [0, 0.1) is 0 Å². The first-order valence-corrected chi connectivity index (χ1v) is 45.8. The van der Waals surface area contributed by atoms with Gasteiger partial charge in [0.2, 0.25) is 23.3 Å². The smallest absolute Gasteiger partial charge is 0.693 e. The Hall–Kier alpha value is -12.1. The Labute approximate surface area is 815 Å². The van der Waals surface area contributed by atoms with Crippen molar-refractivity contribution in [1.82, 2.24) is 116 Å². The number of amides is 12. The van der Waals surface area contributed by atoms with Crippen molar-refractivity contribution in [2.24, 2.45) is 84.6 Å². The van der Waals surface area contributed by atoms with Crippen LogP contribution in [-0.4, -0.2) is 192 Å². The first kappa shape index (κ1) is 126. The van der Waals surface area contributed by atoms with Crippen LogP contribution in [0.25, 0.3) is 72.1 Å². The van der Waals surface area contributed by atoms with Crippen molar-refractivity contribution in [3.05, 3.63) is 265 Å². The van der Waals surface area contributed by atoms with Crippen LogP contribution in [0.5, 0.6) is 0 Å². The number of nitrogens with one attached hydrogen (secondary N) is 16. The maximum atomic E-state index is 12.6. The summed E-state index contributed by atoms with van der Waals surface area (Å²) in [4.78, 5) is 179. The topological polar surface area (TPSA) is 875 Å². The standard InChI is InChI=1S/4C17H20N9O3.4ClH.8H2N.4Pt/c4*1-24-5-4-19-13(24)16(28)23-12-8-26(3)14(22-12)17(29)21-10-6-11(25(2)7-10)15(27)20-9-18;;;;;;;;;;;;;;;;/h4*4-8,18H,9H2,1-3H3,(H,20,27)(H,21,29)(H,23,28);4*1H;8*1H2;;;;/q4*-1;;;;;8*-1;4*+1/p-4. The van der Waals surface area contributed by atoms with Gasteiger partial charge in [-0.2, -0.15) is 0 Å². The van der Waals surface area contributed by atoms with E-state index in [0.29, 0.717) is 45.5 Å². The van der Waals surface area contributed by atoms with Gasteiger partial charge in [0, 0.05) is 184 Å². The summed E-state index contributed by atoms with van der Waals surface area (Å²) in [5.41, 5.74) is 31.0. The molecule has 0 spiro atoms. The maximum Gasteiger partial charge on any atom is -0.693 e. The van der Waals surface area contributed by atoms with Crippen LogP contribution in [-0.2, 0) is 160 Å². The monoisotopic (exact) mass is 2640 g/mol. The molecule has 0 saturated heterocycles. The summed E-state index contributed by atoms with van der Waals surface area (Å²) in [7, 11) is 38.3. The fourth-order valence-corrected chi connectivity index (χ4v) is 10.8. The number of halogens is 4. The maximum absolute atomic E-state index is 12.6. The molecule has 0 atom stereocenters. The third kappa shape index (κ3) is 34.5. The number of aromatic nitrogens is 20. The predicted octanol–water partition coefficient (Wildman–Crippen LogP) is 11.4. The molecule has 0 saturated carbocycles. The molecule has 0 aliphatic heterocycles. The van der Waals surface area contributed by atoms with Gasteiger partial charge in [-0.1, -0.05) is 26.7 Å². The quantitative estimate of drug-likeness (QED) is 0.0267. The minimum absolute atomic E-state index is 0. The van der Waals surface area contributed by atoms with Crippen LogP contribution in [0.1, 0.15) is 127 Å². The molecule has 64 heteroatoms. The summed E-state index contributed by atoms with van der Waals surface area (Å²) in [6.45, 7) is -0.977. The Kier molecular flexibility index (Phi) is 58.8. The number of nitrogens with zero attached hydrogens (tertiary/aromatic N) is 20. The Bertz CT molecular complexity index is 5050. The van der Waals surface area contributed by atoms with E-state index < -0.39 is 70.9 Å². The molecule has 12 rings (SSSR count). The summed E-state index contributed by atoms with van der Waals surface area (Å²) in [6.07, 6.45) is 24.9. The van der Waals surface area contributed by atoms with Gasteiger partial charge in [-0.05, 0) is 24.3 Å². The second-order valence-corrected chi connectivity index (χ2v) is 25.0. The first-order chi connectivity index (χ1) is 59.2. The van der Waals surface area contributed by atoms with Crippen molar-refractivity contribution in [1.29, 1.82) is 0 Å². The molecule has 12 aromatic heterocycles. The van der Waals surface area contributed by atoms with Gasteiger partial charge in [0.1, 0.15) is 22.8 Å². The van der Waals surface area contributed by atoms with Gasteiger partial charge in [0.15, 0.2) is 46.6 Å². The van der Waals surface area contributed by atoms with E-state index in [1.807, 2.05) is 0 Å². The third-order valence-corrected chi connectivity index (χ3v) is 16.4. The summed E-state index contributed by atoms with van der Waals surface area (Å²) in [5, 5.41) is 30.6. The van der Waals surface area contributed by atoms with Crippen LogP contribution in [0.15, 0.2) is 123 Å². The molecule has 12 heterocycles. The molecule has 132 heavy (non-hydrogen) atoms. The molecular weight excluding hydrogens is 2550 g/mol. The van der Waals surface area contributed by atoms with E-state index in [9.17, 15) is 57.5 Å². The van der Waals surface area contributed by atoms with Gasteiger partial charge in [-0.15, -0.1) is 0 Å². The van der Waals surface area contributed by atoms with Crippen LogP contribution in [0.4, 0.5) is 46.0 Å². The number of aryl methyl sites for hydroxylation is 12. The average Bonchev–Trinajstić information content (AvgIpc) is 1.68. The van der Waals surface area contributed by atoms with Crippen molar-refractivity contribution in [2.45, 2.75) is 0 Å². The molecular formula is C68H96Cl4N44O12Pt4-12. The molecule has 0 bridgehead atoms. The summed E-state index contributed by atoms with van der Waals surface area (Å²) >= 11 is 6.44. The molecule has 56 nitrogen and oxygen atoms in total. The van der Waals surface area contributed by atoms with Gasteiger partial charge < -0.3 is 191 Å². The van der Waals surface area contributed by atoms with E-state index in [1.165, 1.54) is 110 Å². The van der Waals surface area contributed by atoms with E-state index in [4.69, 9.17) is 22.9 Å². The number of imidazole rings is 8. The predicted molar refractivity (Wildman–Crippen MR) is 483 cm³/mol. The van der Waals surface area contributed by atoms with Crippen molar-refractivity contribution in [3.63, 3.8) is 0 Å². The zero-order valence-electron chi connectivity index (χ0n) is 71.6. The number of nitrogens with two attached hydrogens (primary N) is 8. The number of hydrogen-bond donors (Lipinski definition) is 12. The van der Waals surface area contributed by atoms with E-state index >= 15 is 0 Å². The van der Waals surface area contributed by atoms with Crippen molar-refractivity contribution in [3.8, 4) is 0 Å². The summed E-state index contributed by atoms with van der Waals surface area (Å²) < 4.78 is 18.3. The normalized spacial score (nSPS) is 9.55. The van der Waals surface area contributed by atoms with Gasteiger partial charge in [-0.3, -0.25) is 57.5 Å². The fraction of sp³-hybridized carbons (Fsp3) is 0.235. The number of rotatable bonds is 24. The Morgan fingerprint density at radius 1 is 0.242 bits per heavy atom. The largest absolute Gasteiger partial charge is 0.693 e. The van der Waals surface area contributed by atoms with Crippen LogP contribution in [0.2, 0.25) is 0 Å². The average molecular weight is 2640 g/mol. The van der Waals surface area contributed by atoms with Crippen LogP contribution < -0.4 is 63.8 Å². The Morgan fingerprint density at radius 2 is 0.402 bits per heavy atom. The molecule has 740 valence electrons. The molecule has 32 N–H and O–H groups in total. The molecule has 0 aliphatic carbocycles. The molecule has 0 radical (unpaired) electrons. The molecule has 0 aromatic carbocycles. The number of hydrogen-bond acceptors (Lipinski definition) is 20. The molecule has 12 amide bonds. The van der Waals surface area contributed by atoms with Crippen molar-refractivity contribution in [2.75, 3.05) is 69.2 Å². The van der Waals surface area contributed by atoms with Crippen molar-refractivity contribution >= 4 is 155 Å². The molecule has 0 aliphatic rings. The molecule has 0 fully saturated rings. The first-order valence-electron chi connectivity index (χ1n) is 34.6. The number of anilines is 8. The van der Waals surface area contributed by atoms with E-state index in [2.05, 4.69) is 141 Å². The second kappa shape index (κ2) is 61.5. The Balaban J connectivity index is -0.000000790. The Morgan fingerprint density at radius 3 is 0.545 bits per heavy atom. The minimum atomic E-state index is -0.511.